The summed E-state index contributed by atoms with van der Waals surface area (Å²) in [6.07, 6.45) is 0.319. The largest absolute Gasteiger partial charge is 0.494 e. The van der Waals surface area contributed by atoms with E-state index in [9.17, 15) is 18.8 Å². The van der Waals surface area contributed by atoms with Crippen LogP contribution in [-0.2, 0) is 17.9 Å². The van der Waals surface area contributed by atoms with Gasteiger partial charge in [0.2, 0.25) is 0 Å². The molecule has 4 aromatic rings. The SMILES string of the molecule is COc1cccc(-c2c(C)n(Cc3c(C)cccc3F)c(=O)n(CC(c3ccccc3)N(C)CCCC(=O)O)c2=O)c1F. The number of carbonyl (C=O) groups is 1. The van der Waals surface area contributed by atoms with E-state index in [0.717, 1.165) is 10.1 Å². The van der Waals surface area contributed by atoms with Crippen LogP contribution in [0.3, 0.4) is 0 Å². The van der Waals surface area contributed by atoms with E-state index < -0.39 is 34.9 Å². The highest BCUT2D eigenvalue weighted by Gasteiger charge is 2.26. The minimum atomic E-state index is -0.921. The molecule has 1 unspecified atom stereocenters. The van der Waals surface area contributed by atoms with Crippen LogP contribution in [0.25, 0.3) is 11.1 Å². The van der Waals surface area contributed by atoms with Crippen molar-refractivity contribution in [2.24, 2.45) is 0 Å². The van der Waals surface area contributed by atoms with E-state index in [2.05, 4.69) is 0 Å². The summed E-state index contributed by atoms with van der Waals surface area (Å²) in [7, 11) is 3.11. The molecular formula is C33H35F2N3O5. The van der Waals surface area contributed by atoms with Crippen molar-refractivity contribution in [2.45, 2.75) is 45.8 Å². The van der Waals surface area contributed by atoms with Crippen LogP contribution < -0.4 is 16.0 Å². The Morgan fingerprint density at radius 3 is 2.33 bits per heavy atom. The van der Waals surface area contributed by atoms with Crippen LogP contribution in [0.1, 0.15) is 41.3 Å². The van der Waals surface area contributed by atoms with Gasteiger partial charge in [0.15, 0.2) is 11.6 Å². The van der Waals surface area contributed by atoms with Gasteiger partial charge in [0.1, 0.15) is 5.82 Å². The van der Waals surface area contributed by atoms with Gasteiger partial charge in [0.05, 0.1) is 31.8 Å². The Kier molecular flexibility index (Phi) is 9.92. The zero-order valence-electron chi connectivity index (χ0n) is 24.6. The van der Waals surface area contributed by atoms with E-state index in [1.807, 2.05) is 35.2 Å². The summed E-state index contributed by atoms with van der Waals surface area (Å²) in [5.74, 6) is -2.24. The third kappa shape index (κ3) is 6.75. The van der Waals surface area contributed by atoms with E-state index in [-0.39, 0.29) is 47.6 Å². The third-order valence-corrected chi connectivity index (χ3v) is 7.78. The molecule has 0 radical (unpaired) electrons. The molecule has 0 saturated heterocycles. The lowest BCUT2D eigenvalue weighted by atomic mass is 10.0. The summed E-state index contributed by atoms with van der Waals surface area (Å²) in [6, 6.07) is 17.8. The van der Waals surface area contributed by atoms with Gasteiger partial charge in [0.25, 0.3) is 5.56 Å². The van der Waals surface area contributed by atoms with Crippen LogP contribution >= 0.6 is 0 Å². The summed E-state index contributed by atoms with van der Waals surface area (Å²) >= 11 is 0. The first-order valence-electron chi connectivity index (χ1n) is 13.9. The predicted octanol–water partition coefficient (Wildman–Crippen LogP) is 5.17. The first-order valence-corrected chi connectivity index (χ1v) is 13.9. The second-order valence-corrected chi connectivity index (χ2v) is 10.5. The van der Waals surface area contributed by atoms with Crippen molar-refractivity contribution in [3.63, 3.8) is 0 Å². The number of rotatable bonds is 12. The smallest absolute Gasteiger partial charge is 0.331 e. The number of hydrogen-bond donors (Lipinski definition) is 1. The molecule has 1 aromatic heterocycles. The molecule has 3 aromatic carbocycles. The number of aromatic nitrogens is 2. The number of aliphatic carboxylic acids is 1. The van der Waals surface area contributed by atoms with Crippen LogP contribution in [0.2, 0.25) is 0 Å². The van der Waals surface area contributed by atoms with E-state index in [1.165, 1.54) is 29.9 Å². The van der Waals surface area contributed by atoms with Crippen LogP contribution in [0, 0.1) is 25.5 Å². The Morgan fingerprint density at radius 1 is 0.977 bits per heavy atom. The minimum Gasteiger partial charge on any atom is -0.494 e. The molecular weight excluding hydrogens is 556 g/mol. The van der Waals surface area contributed by atoms with E-state index in [4.69, 9.17) is 9.84 Å². The van der Waals surface area contributed by atoms with Crippen LogP contribution in [0.5, 0.6) is 5.75 Å². The van der Waals surface area contributed by atoms with Gasteiger partial charge in [-0.2, -0.15) is 0 Å². The quantitative estimate of drug-likeness (QED) is 0.245. The number of nitrogens with zero attached hydrogens (tertiary/aromatic N) is 3. The fourth-order valence-electron chi connectivity index (χ4n) is 5.33. The molecule has 43 heavy (non-hydrogen) atoms. The Hall–Kier alpha value is -4.57. The number of likely N-dealkylation sites (N-methyl/N-ethyl adjacent to an activating group) is 1. The molecule has 1 heterocycles. The zero-order chi connectivity index (χ0) is 31.3. The molecule has 0 bridgehead atoms. The van der Waals surface area contributed by atoms with Gasteiger partial charge >= 0.3 is 11.7 Å². The van der Waals surface area contributed by atoms with Gasteiger partial charge in [0, 0.05) is 23.2 Å². The normalized spacial score (nSPS) is 12.0. The van der Waals surface area contributed by atoms with Gasteiger partial charge in [-0.05, 0) is 57.1 Å². The molecule has 0 fully saturated rings. The molecule has 4 rings (SSSR count). The van der Waals surface area contributed by atoms with Gasteiger partial charge in [-0.3, -0.25) is 23.6 Å². The molecule has 8 nitrogen and oxygen atoms in total. The first kappa shape index (κ1) is 31.4. The Labute approximate surface area is 248 Å². The third-order valence-electron chi connectivity index (χ3n) is 7.78. The fourth-order valence-corrected chi connectivity index (χ4v) is 5.33. The maximum atomic E-state index is 15.6. The Balaban J connectivity index is 1.95. The van der Waals surface area contributed by atoms with Gasteiger partial charge < -0.3 is 9.84 Å². The topological polar surface area (TPSA) is 93.8 Å². The number of carboxylic acid groups (broad SMARTS) is 1. The molecule has 1 N–H and O–H groups in total. The number of ether oxygens (including phenoxy) is 1. The van der Waals surface area contributed by atoms with Crippen molar-refractivity contribution in [1.29, 1.82) is 0 Å². The average Bonchev–Trinajstić information content (AvgIpc) is 2.97. The molecule has 1 atom stereocenters. The molecule has 0 saturated carbocycles. The number of halogens is 2. The highest BCUT2D eigenvalue weighted by molar-refractivity contribution is 5.68. The average molecular weight is 592 g/mol. The minimum absolute atomic E-state index is 0.0367. The molecule has 0 aliphatic rings. The van der Waals surface area contributed by atoms with E-state index in [0.29, 0.717) is 18.5 Å². The van der Waals surface area contributed by atoms with E-state index in [1.54, 1.807) is 39.1 Å². The lowest BCUT2D eigenvalue weighted by Gasteiger charge is -2.29. The molecule has 10 heteroatoms. The molecule has 226 valence electrons. The zero-order valence-corrected chi connectivity index (χ0v) is 24.6. The van der Waals surface area contributed by atoms with Gasteiger partial charge in [-0.1, -0.05) is 54.6 Å². The van der Waals surface area contributed by atoms with Crippen LogP contribution in [-0.4, -0.2) is 45.8 Å². The maximum absolute atomic E-state index is 15.6. The van der Waals surface area contributed by atoms with Crippen molar-refractivity contribution in [3.05, 3.63) is 122 Å². The van der Waals surface area contributed by atoms with Crippen LogP contribution in [0.4, 0.5) is 8.78 Å². The Morgan fingerprint density at radius 2 is 1.67 bits per heavy atom. The van der Waals surface area contributed by atoms with Gasteiger partial charge in [-0.25, -0.2) is 13.6 Å². The standard InChI is InChI=1S/C33H35F2N3O5/c1-21-11-8-15-26(34)25(21)19-37-22(2)30(24-14-9-16-28(43-4)31(24)35)32(41)38(33(37)42)20-27(23-12-6-5-7-13-23)36(3)18-10-17-29(39)40/h5-9,11-16,27H,10,17-20H2,1-4H3,(H,39,40). The lowest BCUT2D eigenvalue weighted by Crippen LogP contribution is -2.45. The summed E-state index contributed by atoms with van der Waals surface area (Å²) < 4.78 is 38.1. The van der Waals surface area contributed by atoms with Crippen molar-refractivity contribution in [3.8, 4) is 16.9 Å². The monoisotopic (exact) mass is 591 g/mol. The highest BCUT2D eigenvalue weighted by atomic mass is 19.1. The first-order chi connectivity index (χ1) is 20.5. The van der Waals surface area contributed by atoms with Crippen molar-refractivity contribution >= 4 is 5.97 Å². The summed E-state index contributed by atoms with van der Waals surface area (Å²) in [4.78, 5) is 41.3. The number of hydrogen-bond acceptors (Lipinski definition) is 5. The van der Waals surface area contributed by atoms with Crippen molar-refractivity contribution in [1.82, 2.24) is 14.0 Å². The summed E-state index contributed by atoms with van der Waals surface area (Å²) in [5, 5.41) is 9.13. The number of methoxy groups -OCH3 is 1. The summed E-state index contributed by atoms with van der Waals surface area (Å²) in [5.41, 5.74) is 0.447. The molecule has 0 amide bonds. The van der Waals surface area contributed by atoms with Gasteiger partial charge in [-0.15, -0.1) is 0 Å². The Bertz CT molecular complexity index is 1710. The van der Waals surface area contributed by atoms with E-state index >= 15 is 4.39 Å². The predicted molar refractivity (Wildman–Crippen MR) is 161 cm³/mol. The van der Waals surface area contributed by atoms with Crippen LogP contribution in [0.15, 0.2) is 76.3 Å². The molecule has 0 aliphatic heterocycles. The number of carboxylic acids is 1. The number of benzene rings is 3. The second-order valence-electron chi connectivity index (χ2n) is 10.5. The molecule has 0 aliphatic carbocycles. The lowest BCUT2D eigenvalue weighted by molar-refractivity contribution is -0.137. The maximum Gasteiger partial charge on any atom is 0.331 e. The second kappa shape index (κ2) is 13.6. The highest BCUT2D eigenvalue weighted by Crippen LogP contribution is 2.29. The fraction of sp³-hybridized carbons (Fsp3) is 0.303. The van der Waals surface area contributed by atoms with Crippen molar-refractivity contribution < 1.29 is 23.4 Å². The molecule has 0 spiro atoms. The number of aryl methyl sites for hydroxylation is 1. The van der Waals surface area contributed by atoms with Crippen molar-refractivity contribution in [2.75, 3.05) is 20.7 Å². The summed E-state index contributed by atoms with van der Waals surface area (Å²) in [6.45, 7) is 3.37.